The second-order valence-corrected chi connectivity index (χ2v) is 6.53. The predicted molar refractivity (Wildman–Crippen MR) is 98.1 cm³/mol. The molecule has 0 saturated heterocycles. The molecule has 0 spiro atoms. The summed E-state index contributed by atoms with van der Waals surface area (Å²) in [5.41, 5.74) is 7.43. The normalized spacial score (nSPS) is 12.0. The molecule has 134 valence electrons. The Morgan fingerprint density at radius 1 is 1.38 bits per heavy atom. The fraction of sp³-hybridized carbons (Fsp3) is 0.500. The van der Waals surface area contributed by atoms with Gasteiger partial charge in [-0.15, -0.1) is 11.6 Å². The van der Waals surface area contributed by atoms with Gasteiger partial charge in [-0.1, -0.05) is 12.1 Å². The molecule has 1 atom stereocenters. The quantitative estimate of drug-likeness (QED) is 0.247. The molecule has 0 aromatic heterocycles. The summed E-state index contributed by atoms with van der Waals surface area (Å²) in [7, 11) is -1.59. The Balaban J connectivity index is 2.98. The number of carboxylic acids is 1. The van der Waals surface area contributed by atoms with Crippen LogP contribution >= 0.6 is 23.4 Å². The van der Waals surface area contributed by atoms with Crippen LogP contribution in [0.25, 0.3) is 0 Å². The molecule has 24 heavy (non-hydrogen) atoms. The van der Waals surface area contributed by atoms with Crippen LogP contribution < -0.4 is 16.1 Å². The lowest BCUT2D eigenvalue weighted by Crippen LogP contribution is -2.34. The highest BCUT2D eigenvalue weighted by atomic mass is 35.5. The number of rotatable bonds is 11. The monoisotopic (exact) mass is 376 g/mol. The Hall–Kier alpha value is -0.965. The smallest absolute Gasteiger partial charge is 0.480 e. The maximum absolute atomic E-state index is 10.8. The van der Waals surface area contributed by atoms with Gasteiger partial charge in [0.25, 0.3) is 0 Å². The van der Waals surface area contributed by atoms with Crippen LogP contribution in [-0.2, 0) is 10.5 Å². The first-order valence-electron chi connectivity index (χ1n) is 7.37. The third-order valence-corrected chi connectivity index (χ3v) is 4.62. The summed E-state index contributed by atoms with van der Waals surface area (Å²) >= 11 is 7.15. The zero-order valence-corrected chi connectivity index (χ0v) is 14.7. The Morgan fingerprint density at radius 2 is 2.08 bits per heavy atom. The first kappa shape index (κ1) is 21.1. The number of carboxylic acid groups (broad SMARTS) is 1. The summed E-state index contributed by atoms with van der Waals surface area (Å²) in [5, 5.41) is 36.7. The molecule has 6 N–H and O–H groups in total. The van der Waals surface area contributed by atoms with Gasteiger partial charge in [-0.2, -0.15) is 11.8 Å². The lowest BCUT2D eigenvalue weighted by atomic mass is 9.79. The molecule has 0 bridgehead atoms. The van der Waals surface area contributed by atoms with Gasteiger partial charge in [-0.05, 0) is 17.1 Å². The number of nitrogens with zero attached hydrogens (tertiary/aromatic N) is 1. The number of hydrogen-bond acceptors (Lipinski definition) is 7. The van der Waals surface area contributed by atoms with Gasteiger partial charge in [0.05, 0.1) is 6.61 Å². The lowest BCUT2D eigenvalue weighted by Gasteiger charge is -2.26. The van der Waals surface area contributed by atoms with Gasteiger partial charge in [0, 0.05) is 36.2 Å². The van der Waals surface area contributed by atoms with E-state index in [0.29, 0.717) is 30.2 Å². The average molecular weight is 377 g/mol. The maximum Gasteiger partial charge on any atom is 0.488 e. The highest BCUT2D eigenvalue weighted by molar-refractivity contribution is 7.98. The molecule has 0 unspecified atom stereocenters. The van der Waals surface area contributed by atoms with E-state index in [9.17, 15) is 19.9 Å². The van der Waals surface area contributed by atoms with Gasteiger partial charge in [-0.3, -0.25) is 4.79 Å². The van der Waals surface area contributed by atoms with Crippen molar-refractivity contribution in [3.05, 3.63) is 23.8 Å². The summed E-state index contributed by atoms with van der Waals surface area (Å²) in [6.45, 7) is 0.868. The van der Waals surface area contributed by atoms with Crippen molar-refractivity contribution in [2.24, 2.45) is 5.73 Å². The molecular weight excluding hydrogens is 354 g/mol. The Bertz CT molecular complexity index is 532. The van der Waals surface area contributed by atoms with Crippen LogP contribution in [0.15, 0.2) is 18.2 Å². The summed E-state index contributed by atoms with van der Waals surface area (Å²) in [5.74, 6) is -0.00992. The van der Waals surface area contributed by atoms with E-state index in [1.165, 1.54) is 11.8 Å². The zero-order valence-electron chi connectivity index (χ0n) is 13.1. The van der Waals surface area contributed by atoms with Crippen molar-refractivity contribution in [1.82, 2.24) is 0 Å². The van der Waals surface area contributed by atoms with Crippen molar-refractivity contribution >= 4 is 47.6 Å². The van der Waals surface area contributed by atoms with Gasteiger partial charge >= 0.3 is 13.1 Å². The van der Waals surface area contributed by atoms with E-state index in [1.54, 1.807) is 18.2 Å². The van der Waals surface area contributed by atoms with Crippen LogP contribution in [0, 0.1) is 0 Å². The molecule has 10 heteroatoms. The van der Waals surface area contributed by atoms with Crippen molar-refractivity contribution in [2.45, 2.75) is 11.8 Å². The van der Waals surface area contributed by atoms with E-state index in [2.05, 4.69) is 0 Å². The SMILES string of the molecule is N[C@H](CSCc1cc(B(O)O)ccc1N(CCO)CCCl)C(=O)O. The maximum atomic E-state index is 10.8. The van der Waals surface area contributed by atoms with Crippen LogP contribution in [0.1, 0.15) is 5.56 Å². The molecule has 0 aliphatic heterocycles. The number of aliphatic hydroxyl groups excluding tert-OH is 1. The van der Waals surface area contributed by atoms with Crippen LogP contribution in [0.4, 0.5) is 5.69 Å². The van der Waals surface area contributed by atoms with E-state index >= 15 is 0 Å². The molecule has 0 amide bonds. The molecule has 0 aliphatic carbocycles. The lowest BCUT2D eigenvalue weighted by molar-refractivity contribution is -0.137. The van der Waals surface area contributed by atoms with Gasteiger partial charge in [-0.25, -0.2) is 0 Å². The van der Waals surface area contributed by atoms with Crippen LogP contribution in [0.2, 0.25) is 0 Å². The van der Waals surface area contributed by atoms with E-state index in [-0.39, 0.29) is 12.4 Å². The average Bonchev–Trinajstić information content (AvgIpc) is 2.54. The van der Waals surface area contributed by atoms with Gasteiger partial charge < -0.3 is 30.9 Å². The number of aliphatic hydroxyl groups is 1. The Labute approximate surface area is 150 Å². The number of nitrogens with two attached hydrogens (primary N) is 1. The summed E-state index contributed by atoms with van der Waals surface area (Å²) in [6.07, 6.45) is 0. The fourth-order valence-corrected chi connectivity index (χ4v) is 3.30. The number of thioether (sulfide) groups is 1. The Kier molecular flexibility index (Phi) is 9.49. The number of alkyl halides is 1. The molecule has 1 aromatic carbocycles. The second kappa shape index (κ2) is 10.8. The fourth-order valence-electron chi connectivity index (χ4n) is 2.13. The predicted octanol–water partition coefficient (Wildman–Crippen LogP) is -0.951. The number of hydrogen-bond donors (Lipinski definition) is 5. The van der Waals surface area contributed by atoms with Crippen LogP contribution in [0.3, 0.4) is 0 Å². The Morgan fingerprint density at radius 3 is 2.62 bits per heavy atom. The molecular formula is C14H22BClN2O5S. The minimum absolute atomic E-state index is 0.0439. The van der Waals surface area contributed by atoms with Crippen molar-refractivity contribution < 1.29 is 25.1 Å². The summed E-state index contributed by atoms with van der Waals surface area (Å²) in [4.78, 5) is 12.7. The minimum Gasteiger partial charge on any atom is -0.480 e. The van der Waals surface area contributed by atoms with Crippen LogP contribution in [-0.4, -0.2) is 70.7 Å². The zero-order chi connectivity index (χ0) is 18.1. The number of anilines is 1. The van der Waals surface area contributed by atoms with Gasteiger partial charge in [0.15, 0.2) is 0 Å². The third-order valence-electron chi connectivity index (χ3n) is 3.34. The van der Waals surface area contributed by atoms with Crippen molar-refractivity contribution in [2.75, 3.05) is 36.2 Å². The molecule has 7 nitrogen and oxygen atoms in total. The summed E-state index contributed by atoms with van der Waals surface area (Å²) in [6, 6.07) is 4.03. The number of aliphatic carboxylic acids is 1. The molecule has 1 rings (SSSR count). The number of benzene rings is 1. The van der Waals surface area contributed by atoms with E-state index in [0.717, 1.165) is 11.3 Å². The largest absolute Gasteiger partial charge is 0.488 e. The first-order chi connectivity index (χ1) is 11.4. The molecule has 0 heterocycles. The topological polar surface area (TPSA) is 127 Å². The molecule has 0 radical (unpaired) electrons. The highest BCUT2D eigenvalue weighted by Gasteiger charge is 2.18. The highest BCUT2D eigenvalue weighted by Crippen LogP contribution is 2.24. The molecule has 0 aliphatic rings. The van der Waals surface area contributed by atoms with Gasteiger partial charge in [0.1, 0.15) is 6.04 Å². The number of halogens is 1. The molecule has 0 fully saturated rings. The van der Waals surface area contributed by atoms with Crippen LogP contribution in [0.5, 0.6) is 0 Å². The van der Waals surface area contributed by atoms with Crippen molar-refractivity contribution in [3.8, 4) is 0 Å². The molecule has 0 saturated carbocycles. The summed E-state index contributed by atoms with van der Waals surface area (Å²) < 4.78 is 0. The van der Waals surface area contributed by atoms with Crippen molar-refractivity contribution in [1.29, 1.82) is 0 Å². The van der Waals surface area contributed by atoms with E-state index in [4.69, 9.17) is 22.4 Å². The van der Waals surface area contributed by atoms with Crippen molar-refractivity contribution in [3.63, 3.8) is 0 Å². The van der Waals surface area contributed by atoms with E-state index in [1.807, 2.05) is 4.90 Å². The molecule has 1 aromatic rings. The van der Waals surface area contributed by atoms with E-state index < -0.39 is 19.1 Å². The third kappa shape index (κ3) is 6.50. The standard InChI is InChI=1S/C14H22BClN2O5S/c16-3-4-18(5-6-19)13-2-1-11(15(22)23)7-10(13)8-24-9-12(17)14(20)21/h1-2,7,12,19,22-23H,3-6,8-9,17H2,(H,20,21)/t12-/m1/s1. The van der Waals surface area contributed by atoms with Gasteiger partial charge in [0.2, 0.25) is 0 Å². The first-order valence-corrected chi connectivity index (χ1v) is 9.06. The second-order valence-electron chi connectivity index (χ2n) is 5.12. The number of carbonyl (C=O) groups is 1. The minimum atomic E-state index is -1.59.